The number of carbonyl (C=O) groups excluding carboxylic acids is 4. The van der Waals surface area contributed by atoms with E-state index in [-0.39, 0.29) is 24.2 Å². The molecule has 0 aliphatic carbocycles. The molecule has 2 atom stereocenters. The number of unbranched alkanes of at least 4 members (excludes halogenated alkanes) is 4. The van der Waals surface area contributed by atoms with Gasteiger partial charge in [-0.25, -0.2) is 39.9 Å². The first-order chi connectivity index (χ1) is 60.1. The summed E-state index contributed by atoms with van der Waals surface area (Å²) >= 11 is 0. The molecule has 0 spiro atoms. The fourth-order valence-corrected chi connectivity index (χ4v) is 15.4. The fraction of sp³-hybridized carbons (Fsp3) is 0.354. The summed E-state index contributed by atoms with van der Waals surface area (Å²) in [5.41, 5.74) is 58.8. The lowest BCUT2D eigenvalue weighted by Gasteiger charge is -2.15. The highest BCUT2D eigenvalue weighted by molar-refractivity contribution is 6.10. The van der Waals surface area contributed by atoms with Gasteiger partial charge in [0.25, 0.3) is 0 Å². The van der Waals surface area contributed by atoms with Crippen LogP contribution in [0.4, 0.5) is 23.3 Å². The van der Waals surface area contributed by atoms with Crippen molar-refractivity contribution < 1.29 is 23.9 Å². The van der Waals surface area contributed by atoms with Gasteiger partial charge in [0.1, 0.15) is 52.0 Å². The van der Waals surface area contributed by atoms with Crippen LogP contribution in [0.3, 0.4) is 0 Å². The Balaban J connectivity index is 0.000000151. The van der Waals surface area contributed by atoms with Crippen LogP contribution in [0.5, 0.6) is 0 Å². The molecular formula is C96H119N23O5. The van der Waals surface area contributed by atoms with Crippen LogP contribution in [0.25, 0.3) is 87.7 Å². The van der Waals surface area contributed by atoms with Crippen LogP contribution in [0.2, 0.25) is 0 Å². The van der Waals surface area contributed by atoms with Crippen molar-refractivity contribution in [3.63, 3.8) is 0 Å². The maximum atomic E-state index is 12.6. The molecule has 648 valence electrons. The van der Waals surface area contributed by atoms with Gasteiger partial charge in [-0.05, 0) is 117 Å². The Hall–Kier alpha value is -13.0. The first-order valence-electron chi connectivity index (χ1n) is 43.2. The quantitative estimate of drug-likeness (QED) is 0.0165. The number of aryl methyl sites for hydroxylation is 3. The molecule has 8 heterocycles. The van der Waals surface area contributed by atoms with Gasteiger partial charge in [0.2, 0.25) is 23.6 Å². The molecule has 0 unspecified atom stereocenters. The number of imidazole rings is 4. The Morgan fingerprint density at radius 3 is 1.15 bits per heavy atom. The van der Waals surface area contributed by atoms with Gasteiger partial charge >= 0.3 is 0 Å². The van der Waals surface area contributed by atoms with E-state index >= 15 is 0 Å². The number of nitrogen functional groups attached to an aromatic ring is 4. The minimum absolute atomic E-state index is 0.000244. The molecule has 15 aromatic rings. The van der Waals surface area contributed by atoms with E-state index in [4.69, 9.17) is 64.8 Å². The Morgan fingerprint density at radius 1 is 0.435 bits per heavy atom. The summed E-state index contributed by atoms with van der Waals surface area (Å²) in [5.74, 6) is 4.78. The first kappa shape index (κ1) is 90.2. The predicted molar refractivity (Wildman–Crippen MR) is 499 cm³/mol. The van der Waals surface area contributed by atoms with Crippen LogP contribution in [-0.4, -0.2) is 127 Å². The summed E-state index contributed by atoms with van der Waals surface area (Å²) < 4.78 is 14.6. The van der Waals surface area contributed by atoms with Gasteiger partial charge in [0.15, 0.2) is 23.3 Å². The van der Waals surface area contributed by atoms with Crippen molar-refractivity contribution in [2.45, 2.75) is 183 Å². The number of nitrogens with two attached hydrogens (primary N) is 7. The number of amides is 4. The molecule has 28 nitrogen and oxygen atoms in total. The Kier molecular flexibility index (Phi) is 31.4. The molecule has 17 N–H and O–H groups in total. The number of rotatable bonds is 35. The molecule has 4 amide bonds. The summed E-state index contributed by atoms with van der Waals surface area (Å²) in [7, 11) is 4.14. The number of carbonyl (C=O) groups is 4. The zero-order valence-corrected chi connectivity index (χ0v) is 72.7. The van der Waals surface area contributed by atoms with Crippen LogP contribution < -0.4 is 56.1 Å². The third-order valence-corrected chi connectivity index (χ3v) is 22.1. The molecule has 0 radical (unpaired) electrons. The van der Waals surface area contributed by atoms with Gasteiger partial charge < -0.3 is 84.0 Å². The largest absolute Gasteiger partial charge is 0.382 e. The van der Waals surface area contributed by atoms with E-state index < -0.39 is 17.9 Å². The van der Waals surface area contributed by atoms with Crippen LogP contribution in [0.15, 0.2) is 170 Å². The number of fused-ring (bicyclic) bond motifs is 12. The highest BCUT2D eigenvalue weighted by Gasteiger charge is 2.24. The number of aromatic nitrogens is 12. The first-order valence-corrected chi connectivity index (χ1v) is 43.2. The number of benzene rings is 7. The van der Waals surface area contributed by atoms with Crippen molar-refractivity contribution in [2.75, 3.05) is 56.7 Å². The summed E-state index contributed by atoms with van der Waals surface area (Å²) in [5, 5.41) is 12.9. The predicted octanol–water partition coefficient (Wildman–Crippen LogP) is 13.8. The Labute approximate surface area is 723 Å². The zero-order valence-electron chi connectivity index (χ0n) is 72.7. The van der Waals surface area contributed by atoms with Crippen molar-refractivity contribution in [2.24, 2.45) is 23.1 Å². The standard InChI is InChI=1S/C26H31N7O2.C24H36N6O2.C24H27N5O.C22H25N5/c1-2-3-8-22-32-23-24(18-6-4-5-7-20(18)31-25(23)29)33(22)15-17-11-9-16(10-12-17)14-30-26(35)19(27)13-21(28)34;1-5-32-16-20-28-21-22(18-11-6-7-12-19(18)27-23(21)25)30(20)15-13-26-24(31)17(2)10-8-9-14-29(3)4;1-3-4-9-21-28-22-23(19-7-5-6-8-20(19)27-24(22)25)29(21)15-18-12-10-17(11-13-18)14-26-16(2)30;1-2-3-8-19-26-20-21(17-6-4-5-7-18(17)25-22(20)24)27(19)14-16-11-9-15(13-23)10-12-16/h4-7,9-12,19H,2-3,8,13-15,27H2,1H3,(H2,28,34)(H2,29,31)(H,30,35);6-7,11-12,17H,5,8-10,13-16H2,1-4H3,(H2,25,27)(H,26,31);5-8,10-13H,3-4,9,14-15H2,1-2H3,(H2,25,27)(H,26,30);4-7,9-12H,2-3,8,13-14,23H2,1H3,(H2,24,25)/t19-;17-;;/m00../s1. The van der Waals surface area contributed by atoms with Crippen LogP contribution in [-0.2, 0) is 95.6 Å². The molecule has 124 heavy (non-hydrogen) atoms. The van der Waals surface area contributed by atoms with Crippen LogP contribution >= 0.6 is 0 Å². The highest BCUT2D eigenvalue weighted by Crippen LogP contribution is 2.35. The molecule has 28 heteroatoms. The third-order valence-electron chi connectivity index (χ3n) is 22.1. The summed E-state index contributed by atoms with van der Waals surface area (Å²) in [6, 6.07) is 56.0. The average Bonchev–Trinajstić information content (AvgIpc) is 1.61. The number of nitrogens with one attached hydrogen (secondary N) is 3. The molecule has 7 aromatic carbocycles. The monoisotopic (exact) mass is 1670 g/mol. The molecule has 8 aromatic heterocycles. The summed E-state index contributed by atoms with van der Waals surface area (Å²) in [4.78, 5) is 86.5. The maximum absolute atomic E-state index is 12.6. The molecular weight excluding hydrogens is 1560 g/mol. The minimum Gasteiger partial charge on any atom is -0.382 e. The smallest absolute Gasteiger partial charge is 0.237 e. The van der Waals surface area contributed by atoms with Crippen molar-refractivity contribution >= 4 is 135 Å². The SMILES string of the molecule is CCCCc1nc2c(N)nc3ccccc3c2n1Cc1ccc(CN)cc1.CCCCc1nc2c(N)nc3ccccc3c2n1Cc1ccc(CNC(=O)[C@@H](N)CC(N)=O)cc1.CCCCc1nc2c(N)nc3ccccc3c2n1Cc1ccc(CNC(C)=O)cc1.CCOCc1nc2c(N)nc3ccccc3c2n1CCNC(=O)[C@@H](C)CCCCN(C)C. The number of hydrogen-bond donors (Lipinski definition) is 10. The molecule has 0 bridgehead atoms. The topological polar surface area (TPSA) is 422 Å². The second-order valence-corrected chi connectivity index (χ2v) is 31.9. The molecule has 15 rings (SSSR count). The fourth-order valence-electron chi connectivity index (χ4n) is 15.4. The van der Waals surface area contributed by atoms with E-state index in [0.717, 1.165) is 218 Å². The Morgan fingerprint density at radius 2 is 0.790 bits per heavy atom. The van der Waals surface area contributed by atoms with E-state index in [2.05, 4.69) is 161 Å². The molecule has 0 saturated carbocycles. The van der Waals surface area contributed by atoms with Crippen LogP contribution in [0.1, 0.15) is 162 Å². The number of primary amides is 1. The van der Waals surface area contributed by atoms with Gasteiger partial charge in [-0.3, -0.25) is 19.2 Å². The second kappa shape index (κ2) is 43.2. The lowest BCUT2D eigenvalue weighted by molar-refractivity contribution is -0.126. The van der Waals surface area contributed by atoms with Crippen molar-refractivity contribution in [1.82, 2.24) is 79.0 Å². The number of ether oxygens (including phenoxy) is 1. The second-order valence-electron chi connectivity index (χ2n) is 31.9. The number of anilines is 4. The molecule has 0 saturated heterocycles. The normalized spacial score (nSPS) is 11.9. The lowest BCUT2D eigenvalue weighted by Crippen LogP contribution is -2.42. The van der Waals surface area contributed by atoms with Gasteiger partial charge in [-0.2, -0.15) is 0 Å². The number of para-hydroxylation sites is 4. The van der Waals surface area contributed by atoms with Gasteiger partial charge in [-0.1, -0.05) is 199 Å². The van der Waals surface area contributed by atoms with E-state index in [1.54, 1.807) is 0 Å². The summed E-state index contributed by atoms with van der Waals surface area (Å²) in [6.45, 7) is 18.7. The van der Waals surface area contributed by atoms with E-state index in [1.807, 2.05) is 117 Å². The molecule has 0 aliphatic heterocycles. The Bertz CT molecular complexity index is 6170. The number of pyridine rings is 4. The third kappa shape index (κ3) is 22.4. The van der Waals surface area contributed by atoms with Crippen molar-refractivity contribution in [3.05, 3.63) is 227 Å². The van der Waals surface area contributed by atoms with Gasteiger partial charge in [0, 0.05) is 113 Å². The maximum Gasteiger partial charge on any atom is 0.237 e. The zero-order chi connectivity index (χ0) is 87.9. The minimum atomic E-state index is -0.945. The van der Waals surface area contributed by atoms with E-state index in [9.17, 15) is 19.2 Å². The lowest BCUT2D eigenvalue weighted by atomic mass is 10.0. The number of hydrogen-bond acceptors (Lipinski definition) is 20. The van der Waals surface area contributed by atoms with Crippen LogP contribution in [0, 0.1) is 5.92 Å². The number of nitrogens with zero attached hydrogens (tertiary/aromatic N) is 13. The van der Waals surface area contributed by atoms with E-state index in [0.29, 0.717) is 87.8 Å². The molecule has 0 aliphatic rings. The average molecular weight is 1680 g/mol. The van der Waals surface area contributed by atoms with Gasteiger partial charge in [0.05, 0.1) is 56.6 Å². The van der Waals surface area contributed by atoms with Crippen molar-refractivity contribution in [1.29, 1.82) is 0 Å². The molecule has 0 fully saturated rings. The van der Waals surface area contributed by atoms with Gasteiger partial charge in [-0.15, -0.1) is 0 Å². The van der Waals surface area contributed by atoms with E-state index in [1.165, 1.54) is 18.1 Å². The highest BCUT2D eigenvalue weighted by atomic mass is 16.5. The van der Waals surface area contributed by atoms with Crippen molar-refractivity contribution in [3.8, 4) is 0 Å². The summed E-state index contributed by atoms with van der Waals surface area (Å²) in [6.07, 6.45) is 12.1.